The third-order valence-corrected chi connectivity index (χ3v) is 3.52. The monoisotopic (exact) mass is 246 g/mol. The lowest BCUT2D eigenvalue weighted by atomic mass is 9.88. The van der Waals surface area contributed by atoms with Gasteiger partial charge in [0.25, 0.3) is 0 Å². The van der Waals surface area contributed by atoms with E-state index in [1.54, 1.807) is 6.92 Å². The van der Waals surface area contributed by atoms with Gasteiger partial charge in [-0.05, 0) is 30.0 Å². The molecule has 0 spiro atoms. The molecule has 1 aliphatic heterocycles. The molecule has 0 bridgehead atoms. The van der Waals surface area contributed by atoms with Gasteiger partial charge in [0.15, 0.2) is 0 Å². The van der Waals surface area contributed by atoms with Crippen LogP contribution in [0.15, 0.2) is 18.3 Å². The summed E-state index contributed by atoms with van der Waals surface area (Å²) in [5, 5.41) is 0. The summed E-state index contributed by atoms with van der Waals surface area (Å²) in [6.07, 6.45) is 2.95. The van der Waals surface area contributed by atoms with Crippen molar-refractivity contribution in [2.24, 2.45) is 5.92 Å². The van der Waals surface area contributed by atoms with E-state index in [1.165, 1.54) is 5.56 Å². The van der Waals surface area contributed by atoms with Crippen molar-refractivity contribution in [2.75, 3.05) is 13.1 Å². The van der Waals surface area contributed by atoms with E-state index in [1.807, 2.05) is 11.1 Å². The van der Waals surface area contributed by atoms with Gasteiger partial charge in [0.1, 0.15) is 0 Å². The topological polar surface area (TPSA) is 33.2 Å². The van der Waals surface area contributed by atoms with Gasteiger partial charge in [-0.1, -0.05) is 20.8 Å². The molecule has 1 fully saturated rings. The Hall–Kier alpha value is -1.38. The number of rotatable bonds is 2. The zero-order valence-corrected chi connectivity index (χ0v) is 11.7. The number of likely N-dealkylation sites (tertiary alicyclic amines) is 1. The van der Waals surface area contributed by atoms with E-state index in [0.717, 1.165) is 25.2 Å². The highest BCUT2D eigenvalue weighted by molar-refractivity contribution is 5.74. The highest BCUT2D eigenvalue weighted by Crippen LogP contribution is 2.24. The Bertz CT molecular complexity index is 442. The second-order valence-corrected chi connectivity index (χ2v) is 6.29. The van der Waals surface area contributed by atoms with E-state index in [9.17, 15) is 4.79 Å². The molecule has 98 valence electrons. The maximum atomic E-state index is 11.1. The lowest BCUT2D eigenvalue weighted by Gasteiger charge is -2.38. The summed E-state index contributed by atoms with van der Waals surface area (Å²) >= 11 is 0. The molecule has 0 atom stereocenters. The van der Waals surface area contributed by atoms with Gasteiger partial charge in [-0.25, -0.2) is 0 Å². The molecule has 0 radical (unpaired) electrons. The van der Waals surface area contributed by atoms with Crippen molar-refractivity contribution in [1.82, 2.24) is 9.88 Å². The zero-order valence-electron chi connectivity index (χ0n) is 11.7. The number of carbonyl (C=O) groups excluding carboxylic acids is 1. The first-order valence-corrected chi connectivity index (χ1v) is 6.57. The van der Waals surface area contributed by atoms with Crippen molar-refractivity contribution in [3.05, 3.63) is 29.6 Å². The molecule has 0 N–H and O–H groups in total. The van der Waals surface area contributed by atoms with Gasteiger partial charge in [-0.2, -0.15) is 0 Å². The summed E-state index contributed by atoms with van der Waals surface area (Å²) in [4.78, 5) is 17.5. The van der Waals surface area contributed by atoms with Crippen LogP contribution in [-0.4, -0.2) is 28.9 Å². The summed E-state index contributed by atoms with van der Waals surface area (Å²) in [5.41, 5.74) is 2.58. The quantitative estimate of drug-likeness (QED) is 0.803. The van der Waals surface area contributed by atoms with Crippen molar-refractivity contribution in [3.63, 3.8) is 0 Å². The summed E-state index contributed by atoms with van der Waals surface area (Å²) in [6, 6.07) is 4.29. The lowest BCUT2D eigenvalue weighted by molar-refractivity contribution is -0.134. The molecule has 1 aromatic rings. The van der Waals surface area contributed by atoms with Crippen LogP contribution in [0.25, 0.3) is 0 Å². The maximum Gasteiger partial charge on any atom is 0.219 e. The highest BCUT2D eigenvalue weighted by Gasteiger charge is 2.28. The fourth-order valence-corrected chi connectivity index (χ4v) is 2.30. The smallest absolute Gasteiger partial charge is 0.219 e. The standard InChI is InChI=1S/C15H22N2O/c1-11(18)17-9-13(10-17)7-12-5-6-16-14(8-12)15(2,3)4/h5-6,8,13H,7,9-10H2,1-4H3. The molecule has 1 aromatic heterocycles. The van der Waals surface area contributed by atoms with E-state index in [0.29, 0.717) is 5.92 Å². The average Bonchev–Trinajstić information content (AvgIpc) is 2.21. The first-order valence-electron chi connectivity index (χ1n) is 6.57. The largest absolute Gasteiger partial charge is 0.342 e. The van der Waals surface area contributed by atoms with Gasteiger partial charge < -0.3 is 4.90 Å². The van der Waals surface area contributed by atoms with Crippen LogP contribution >= 0.6 is 0 Å². The molecular formula is C15H22N2O. The van der Waals surface area contributed by atoms with Crippen LogP contribution in [0, 0.1) is 5.92 Å². The van der Waals surface area contributed by atoms with Crippen LogP contribution in [-0.2, 0) is 16.6 Å². The van der Waals surface area contributed by atoms with Crippen molar-refractivity contribution < 1.29 is 4.79 Å². The summed E-state index contributed by atoms with van der Waals surface area (Å²) in [6.45, 7) is 9.99. The first kappa shape index (κ1) is 13.1. The van der Waals surface area contributed by atoms with Gasteiger partial charge in [-0.15, -0.1) is 0 Å². The highest BCUT2D eigenvalue weighted by atomic mass is 16.2. The summed E-state index contributed by atoms with van der Waals surface area (Å²) in [5.74, 6) is 0.806. The summed E-state index contributed by atoms with van der Waals surface area (Å²) in [7, 11) is 0. The van der Waals surface area contributed by atoms with E-state index in [2.05, 4.69) is 37.9 Å². The van der Waals surface area contributed by atoms with Crippen LogP contribution in [0.5, 0.6) is 0 Å². The van der Waals surface area contributed by atoms with Crippen LogP contribution in [0.1, 0.15) is 39.0 Å². The minimum Gasteiger partial charge on any atom is -0.342 e. The second kappa shape index (κ2) is 4.71. The number of pyridine rings is 1. The molecule has 2 rings (SSSR count). The molecule has 18 heavy (non-hydrogen) atoms. The molecule has 1 saturated heterocycles. The minimum absolute atomic E-state index is 0.0983. The molecule has 0 aromatic carbocycles. The molecule has 0 aliphatic carbocycles. The van der Waals surface area contributed by atoms with Gasteiger partial charge >= 0.3 is 0 Å². The number of hydrogen-bond acceptors (Lipinski definition) is 2. The fourth-order valence-electron chi connectivity index (χ4n) is 2.30. The van der Waals surface area contributed by atoms with Crippen molar-refractivity contribution in [3.8, 4) is 0 Å². The Morgan fingerprint density at radius 3 is 2.67 bits per heavy atom. The molecule has 0 unspecified atom stereocenters. The fraction of sp³-hybridized carbons (Fsp3) is 0.600. The lowest BCUT2D eigenvalue weighted by Crippen LogP contribution is -2.49. The molecule has 3 nitrogen and oxygen atoms in total. The number of carbonyl (C=O) groups is 1. The van der Waals surface area contributed by atoms with Gasteiger partial charge in [-0.3, -0.25) is 9.78 Å². The second-order valence-electron chi connectivity index (χ2n) is 6.29. The molecule has 1 aliphatic rings. The van der Waals surface area contributed by atoms with E-state index >= 15 is 0 Å². The van der Waals surface area contributed by atoms with E-state index in [-0.39, 0.29) is 11.3 Å². The van der Waals surface area contributed by atoms with E-state index < -0.39 is 0 Å². The van der Waals surface area contributed by atoms with Crippen LogP contribution in [0.4, 0.5) is 0 Å². The predicted molar refractivity (Wildman–Crippen MR) is 72.4 cm³/mol. The third kappa shape index (κ3) is 2.89. The Balaban J connectivity index is 1.97. The molecule has 0 saturated carbocycles. The normalized spacial score (nSPS) is 16.6. The Kier molecular flexibility index (Phi) is 3.42. The van der Waals surface area contributed by atoms with Crippen LogP contribution in [0.3, 0.4) is 0 Å². The van der Waals surface area contributed by atoms with Gasteiger partial charge in [0, 0.05) is 37.3 Å². The third-order valence-electron chi connectivity index (χ3n) is 3.52. The maximum absolute atomic E-state index is 11.1. The minimum atomic E-state index is 0.0983. The Morgan fingerprint density at radius 2 is 2.11 bits per heavy atom. The van der Waals surface area contributed by atoms with Crippen LogP contribution in [0.2, 0.25) is 0 Å². The van der Waals surface area contributed by atoms with E-state index in [4.69, 9.17) is 0 Å². The Morgan fingerprint density at radius 1 is 1.44 bits per heavy atom. The molecule has 1 amide bonds. The van der Waals surface area contributed by atoms with Gasteiger partial charge in [0.05, 0.1) is 0 Å². The number of hydrogen-bond donors (Lipinski definition) is 0. The number of nitrogens with zero attached hydrogens (tertiary/aromatic N) is 2. The number of amides is 1. The zero-order chi connectivity index (χ0) is 13.3. The first-order chi connectivity index (χ1) is 8.36. The average molecular weight is 246 g/mol. The summed E-state index contributed by atoms with van der Waals surface area (Å²) < 4.78 is 0. The van der Waals surface area contributed by atoms with Crippen molar-refractivity contribution in [2.45, 2.75) is 39.5 Å². The van der Waals surface area contributed by atoms with Crippen molar-refractivity contribution >= 4 is 5.91 Å². The number of aromatic nitrogens is 1. The molecule has 3 heteroatoms. The van der Waals surface area contributed by atoms with Gasteiger partial charge in [0.2, 0.25) is 5.91 Å². The van der Waals surface area contributed by atoms with Crippen LogP contribution < -0.4 is 0 Å². The molecular weight excluding hydrogens is 224 g/mol. The molecule has 2 heterocycles. The SMILES string of the molecule is CC(=O)N1CC(Cc2ccnc(C(C)(C)C)c2)C1. The Labute approximate surface area is 109 Å². The van der Waals surface area contributed by atoms with Crippen molar-refractivity contribution in [1.29, 1.82) is 0 Å². The predicted octanol–water partition coefficient (Wildman–Crippen LogP) is 2.40.